The van der Waals surface area contributed by atoms with Gasteiger partial charge in [-0.15, -0.1) is 0 Å². The number of carbonyl (C=O) groups is 4. The lowest BCUT2D eigenvalue weighted by Gasteiger charge is -2.52. The lowest BCUT2D eigenvalue weighted by molar-refractivity contribution is -0.401. The van der Waals surface area contributed by atoms with E-state index in [1.54, 1.807) is 0 Å². The molecule has 11 fully saturated rings. The summed E-state index contributed by atoms with van der Waals surface area (Å²) < 4.78 is 127. The largest absolute Gasteiger partial charge is 0.394 e. The first-order valence-electron chi connectivity index (χ1n) is 42.1. The van der Waals surface area contributed by atoms with Gasteiger partial charge in [0.2, 0.25) is 23.6 Å². The first-order chi connectivity index (χ1) is 61.3. The van der Waals surface area contributed by atoms with Crippen molar-refractivity contribution in [1.82, 2.24) is 21.3 Å². The molecule has 11 heterocycles. The van der Waals surface area contributed by atoms with Gasteiger partial charge in [0.05, 0.1) is 70.7 Å². The molecule has 0 bridgehead atoms. The van der Waals surface area contributed by atoms with E-state index in [4.69, 9.17) is 99.5 Å². The molecule has 130 heavy (non-hydrogen) atoms. The van der Waals surface area contributed by atoms with Gasteiger partial charge in [-0.1, -0.05) is 0 Å². The van der Waals surface area contributed by atoms with E-state index >= 15 is 0 Å². The molecule has 11 aliphatic heterocycles. The molecular weight excluding hydrogens is 1780 g/mol. The zero-order valence-corrected chi connectivity index (χ0v) is 71.0. The maximum atomic E-state index is 13.5. The van der Waals surface area contributed by atoms with Crippen LogP contribution in [-0.4, -0.2) is 545 Å². The van der Waals surface area contributed by atoms with Crippen molar-refractivity contribution in [3.8, 4) is 0 Å². The number of hydrogen-bond acceptors (Lipinski definition) is 52. The summed E-state index contributed by atoms with van der Waals surface area (Å²) in [7, 11) is 0. The number of rotatable bonds is 31. The maximum Gasteiger partial charge on any atom is 0.217 e. The van der Waals surface area contributed by atoms with Crippen molar-refractivity contribution in [3.05, 3.63) is 0 Å². The molecular formula is C74H124N4O52. The summed E-state index contributed by atoms with van der Waals surface area (Å²) >= 11 is 0. The van der Waals surface area contributed by atoms with Crippen LogP contribution >= 0.6 is 0 Å². The van der Waals surface area contributed by atoms with Crippen molar-refractivity contribution < 1.29 is 257 Å². The van der Waals surface area contributed by atoms with Crippen LogP contribution in [0.3, 0.4) is 0 Å². The summed E-state index contributed by atoms with van der Waals surface area (Å²) in [4.78, 5) is 53.0. The molecule has 0 spiro atoms. The monoisotopic (exact) mass is 1900 g/mol. The second-order valence-electron chi connectivity index (χ2n) is 33.7. The van der Waals surface area contributed by atoms with E-state index in [1.165, 1.54) is 27.7 Å². The number of amides is 4. The molecule has 56 nitrogen and oxygen atoms in total. The highest BCUT2D eigenvalue weighted by Gasteiger charge is 2.63. The molecule has 0 unspecified atom stereocenters. The summed E-state index contributed by atoms with van der Waals surface area (Å²) in [5, 5.41) is 314. The smallest absolute Gasteiger partial charge is 0.217 e. The van der Waals surface area contributed by atoms with E-state index in [-0.39, 0.29) is 0 Å². The third-order valence-corrected chi connectivity index (χ3v) is 24.4. The lowest BCUT2D eigenvalue weighted by atomic mass is 9.93. The highest BCUT2D eigenvalue weighted by Crippen LogP contribution is 2.43. The van der Waals surface area contributed by atoms with Crippen LogP contribution < -0.4 is 21.3 Å². The second kappa shape index (κ2) is 45.7. The van der Waals surface area contributed by atoms with Gasteiger partial charge in [0, 0.05) is 27.7 Å². The highest BCUT2D eigenvalue weighted by atomic mass is 16.8. The fraction of sp³-hybridized carbons (Fsp3) is 0.946. The molecule has 4 amide bonds. The predicted octanol–water partition coefficient (Wildman–Crippen LogP) is -20.3. The Hall–Kier alpha value is -4.04. The predicted molar refractivity (Wildman–Crippen MR) is 403 cm³/mol. The quantitative estimate of drug-likeness (QED) is 0.0306. The molecule has 0 saturated carbocycles. The van der Waals surface area contributed by atoms with Gasteiger partial charge in [-0.2, -0.15) is 0 Å². The minimum Gasteiger partial charge on any atom is -0.394 e. The Morgan fingerprint density at radius 1 is 0.215 bits per heavy atom. The Bertz CT molecular complexity index is 3580. The molecule has 752 valence electrons. The van der Waals surface area contributed by atoms with Gasteiger partial charge in [-0.25, -0.2) is 0 Å². The molecule has 11 saturated heterocycles. The number of hydrogen-bond donors (Lipinski definition) is 31. The SMILES string of the molecule is CC(=O)N[C@@H]1[C@@H](O[C@@H]2O[C@H](CO)[C@H](O)[C@H](O[C@@H]3O[C@H](CO)[C@@H](O)[C@H](O[C@@H]4O[C@@H](C)[C@@H](O)[C@@H](O)[C@@H]4O)[C@H]3NC(C)=O)[C@H]2O[C@@H]2O[C@@H](C)[C@@H](O)[C@@H](O)[C@@H]2O)[C@@H](O)[C@@H](CO[C@@H]2O[C@H](CO)[C@@H](O[C@@H]3O[C@H](CO)[C@H](O)[C@H](O[C@@H]4O[C@H](CO)[C@@H](O[C@@H]5O[C@H](CO)[C@H](O)[C@H](O)[C@H]5O[C@@H]5O[C@@H](C)[C@@H](O)[C@@H](O)[C@@H]5O)[C@H](O[C@@H]5O[C@@H](C)[C@@H](O)[C@@H](O)[C@@H]5O)[C@H]4NC(C)=O)[C@H]3O)[C@H](O)[C@H]2NC(C)=O)O[C@@H]1O. The van der Waals surface area contributed by atoms with E-state index in [1.807, 2.05) is 0 Å². The number of aliphatic hydroxyl groups excluding tert-OH is 27. The number of nitrogens with one attached hydrogen (secondary N) is 4. The molecule has 0 aliphatic carbocycles. The number of aliphatic hydroxyl groups is 27. The van der Waals surface area contributed by atoms with Crippen LogP contribution in [-0.2, 0) is 119 Å². The summed E-state index contributed by atoms with van der Waals surface area (Å²) in [6, 6.07) is -7.77. The molecule has 0 aromatic heterocycles. The maximum absolute atomic E-state index is 13.5. The van der Waals surface area contributed by atoms with Gasteiger partial charge in [0.25, 0.3) is 0 Å². The van der Waals surface area contributed by atoms with Crippen LogP contribution in [0.2, 0.25) is 0 Å². The van der Waals surface area contributed by atoms with Crippen LogP contribution in [0.25, 0.3) is 0 Å². The summed E-state index contributed by atoms with van der Waals surface area (Å²) in [5.41, 5.74) is 0. The van der Waals surface area contributed by atoms with Crippen molar-refractivity contribution in [1.29, 1.82) is 0 Å². The second-order valence-corrected chi connectivity index (χ2v) is 33.7. The van der Waals surface area contributed by atoms with E-state index in [0.29, 0.717) is 0 Å². The van der Waals surface area contributed by atoms with E-state index in [0.717, 1.165) is 27.7 Å². The Labute approximate surface area is 738 Å². The van der Waals surface area contributed by atoms with Crippen molar-refractivity contribution in [2.45, 2.75) is 393 Å². The standard InChI is InChI=1S/C74H124N4O52/c1-16-35(89)45(99)50(104)68(111-16)124-58-33(77-22(7)87)66(116-25(10-80)40(58)94)128-61-42(96)27(12-82)119-74(63(61)130-71-53(107)48(102)38(92)19(4)114-71)125-57-32(76-21(6)86)64(109)115-30(43(57)97)15-110-65-31(75-20(5)85)44(98)55(28(13-83)120-65)122-72-54(108)60(41(95)26(11-81)117-72)127-67-34(78-23(8)88)59(126-69-51(105)46(100)36(90)17(2)112-69)56(29(14-84)121-67)123-73-62(49(103)39(93)24(9-79)118-73)129-70-52(106)47(101)37(91)18(3)113-70/h16-19,24-74,79-84,89-109H,9-15H2,1-8H3,(H,75,85)(H,76,86)(H,77,87)(H,78,88)/t16-,17-,18-,19-,24+,25+,26+,27+,28+,29+,30+,31+,32+,33+,34+,35+,36+,37+,38+,39-,40+,41-,42-,43-,44+,45+,46+,47+,48+,49-,50-,51-,52-,53-,54+,55+,56+,57+,58+,59+,60-,61-,62+,63+,64-,65+,66-,67-,68-,69-,70-,71-,72-,73-,74-/m0/s1. The number of carbonyl (C=O) groups excluding carboxylic acids is 4. The van der Waals surface area contributed by atoms with Crippen LogP contribution in [0.15, 0.2) is 0 Å². The first kappa shape index (κ1) is 106. The van der Waals surface area contributed by atoms with E-state index < -0.39 is 407 Å². The van der Waals surface area contributed by atoms with Crippen LogP contribution in [0.1, 0.15) is 55.4 Å². The van der Waals surface area contributed by atoms with Crippen molar-refractivity contribution in [3.63, 3.8) is 0 Å². The minimum atomic E-state index is -2.45. The fourth-order valence-corrected chi connectivity index (χ4v) is 17.2. The Kier molecular flexibility index (Phi) is 37.4. The third kappa shape index (κ3) is 23.1. The van der Waals surface area contributed by atoms with Crippen LogP contribution in [0, 0.1) is 0 Å². The molecule has 0 aromatic rings. The van der Waals surface area contributed by atoms with Crippen molar-refractivity contribution in [2.75, 3.05) is 46.2 Å². The van der Waals surface area contributed by atoms with Gasteiger partial charge in [-0.3, -0.25) is 19.2 Å². The number of ether oxygens (including phenoxy) is 21. The van der Waals surface area contributed by atoms with Gasteiger partial charge in [0.15, 0.2) is 69.2 Å². The summed E-state index contributed by atoms with van der Waals surface area (Å²) in [6.45, 7) is 0.801. The minimum absolute atomic E-state index is 0.916. The van der Waals surface area contributed by atoms with Gasteiger partial charge < -0.3 is 259 Å². The zero-order chi connectivity index (χ0) is 95.7. The molecule has 0 radical (unpaired) electrons. The summed E-state index contributed by atoms with van der Waals surface area (Å²) in [6.07, 6.45) is -103. The molecule has 11 aliphatic rings. The van der Waals surface area contributed by atoms with Gasteiger partial charge in [-0.05, 0) is 27.7 Å². The van der Waals surface area contributed by atoms with Crippen molar-refractivity contribution in [2.24, 2.45) is 0 Å². The highest BCUT2D eigenvalue weighted by molar-refractivity contribution is 5.74. The normalized spacial score (nSPS) is 51.0. The van der Waals surface area contributed by atoms with Gasteiger partial charge in [0.1, 0.15) is 244 Å². The van der Waals surface area contributed by atoms with Crippen LogP contribution in [0.5, 0.6) is 0 Å². The van der Waals surface area contributed by atoms with Gasteiger partial charge >= 0.3 is 0 Å². The third-order valence-electron chi connectivity index (χ3n) is 24.4. The Morgan fingerprint density at radius 3 is 0.946 bits per heavy atom. The Morgan fingerprint density at radius 2 is 0.500 bits per heavy atom. The molecule has 55 atom stereocenters. The molecule has 31 N–H and O–H groups in total. The topological polar surface area (TPSA) is 856 Å². The average Bonchev–Trinajstić information content (AvgIpc) is 0.759. The Balaban J connectivity index is 0.855. The van der Waals surface area contributed by atoms with Crippen molar-refractivity contribution >= 4 is 23.6 Å². The van der Waals surface area contributed by atoms with Crippen LogP contribution in [0.4, 0.5) is 0 Å². The molecule has 11 rings (SSSR count). The molecule has 56 heteroatoms. The molecule has 0 aromatic carbocycles. The first-order valence-corrected chi connectivity index (χ1v) is 42.1. The lowest BCUT2D eigenvalue weighted by Crippen LogP contribution is -2.71. The fourth-order valence-electron chi connectivity index (χ4n) is 17.2. The summed E-state index contributed by atoms with van der Waals surface area (Å²) in [5.74, 6) is -3.82. The van der Waals surface area contributed by atoms with E-state index in [2.05, 4.69) is 21.3 Å². The zero-order valence-electron chi connectivity index (χ0n) is 71.0. The van der Waals surface area contributed by atoms with E-state index in [9.17, 15) is 157 Å². The average molecular weight is 1900 g/mol.